The molecule has 2 rings (SSSR count). The van der Waals surface area contributed by atoms with E-state index < -0.39 is 0 Å². The number of rotatable bonds is 5. The topological polar surface area (TPSA) is 66.0 Å². The molecule has 7 heteroatoms. The van der Waals surface area contributed by atoms with Crippen LogP contribution < -0.4 is 10.6 Å². The van der Waals surface area contributed by atoms with Crippen LogP contribution in [0.1, 0.15) is 37.8 Å². The minimum atomic E-state index is -0.238. The van der Waals surface area contributed by atoms with E-state index in [9.17, 15) is 9.18 Å². The van der Waals surface area contributed by atoms with E-state index in [0.29, 0.717) is 31.8 Å². The number of hydrogen-bond acceptors (Lipinski definition) is 3. The standard InChI is InChI=1S/C19H29FN4O2/c1-4-21-18(22-13-15-6-7-17(20)14(3)12-15)23-16-8-10-24(11-9-16)19(25)26-5-2/h6-7,12,16H,4-5,8-11,13H2,1-3H3,(H2,21,22,23). The number of likely N-dealkylation sites (tertiary alicyclic amines) is 1. The van der Waals surface area contributed by atoms with Crippen molar-refractivity contribution in [2.45, 2.75) is 46.2 Å². The first-order valence-electron chi connectivity index (χ1n) is 9.25. The average Bonchev–Trinajstić information content (AvgIpc) is 2.63. The number of piperidine rings is 1. The second-order valence-corrected chi connectivity index (χ2v) is 6.38. The lowest BCUT2D eigenvalue weighted by molar-refractivity contribution is 0.0963. The molecule has 0 spiro atoms. The smallest absolute Gasteiger partial charge is 0.409 e. The maximum atomic E-state index is 13.4. The van der Waals surface area contributed by atoms with E-state index >= 15 is 0 Å². The Labute approximate surface area is 154 Å². The van der Waals surface area contributed by atoms with Crippen LogP contribution in [0.5, 0.6) is 0 Å². The van der Waals surface area contributed by atoms with Gasteiger partial charge in [-0.25, -0.2) is 14.2 Å². The third kappa shape index (κ3) is 5.89. The first-order chi connectivity index (χ1) is 12.5. The zero-order valence-corrected chi connectivity index (χ0v) is 15.8. The number of amides is 1. The molecule has 2 N–H and O–H groups in total. The first-order valence-corrected chi connectivity index (χ1v) is 9.25. The summed E-state index contributed by atoms with van der Waals surface area (Å²) in [5, 5.41) is 6.67. The lowest BCUT2D eigenvalue weighted by Crippen LogP contribution is -2.49. The molecule has 1 aliphatic rings. The lowest BCUT2D eigenvalue weighted by atomic mass is 10.1. The molecule has 144 valence electrons. The highest BCUT2D eigenvalue weighted by molar-refractivity contribution is 5.80. The van der Waals surface area contributed by atoms with Crippen molar-refractivity contribution >= 4 is 12.1 Å². The van der Waals surface area contributed by atoms with Crippen molar-refractivity contribution in [3.05, 3.63) is 35.1 Å². The van der Waals surface area contributed by atoms with E-state index in [-0.39, 0.29) is 18.0 Å². The molecule has 1 heterocycles. The molecule has 1 aromatic carbocycles. The Morgan fingerprint density at radius 3 is 2.69 bits per heavy atom. The number of carbonyl (C=O) groups excluding carboxylic acids is 1. The van der Waals surface area contributed by atoms with Gasteiger partial charge in [0.25, 0.3) is 0 Å². The van der Waals surface area contributed by atoms with E-state index in [4.69, 9.17) is 4.74 Å². The van der Waals surface area contributed by atoms with Gasteiger partial charge in [0, 0.05) is 25.7 Å². The van der Waals surface area contributed by atoms with Crippen LogP contribution in [-0.2, 0) is 11.3 Å². The number of ether oxygens (including phenoxy) is 1. The van der Waals surface area contributed by atoms with Gasteiger partial charge in [0.1, 0.15) is 5.82 Å². The fourth-order valence-electron chi connectivity index (χ4n) is 2.91. The fraction of sp³-hybridized carbons (Fsp3) is 0.579. The number of benzene rings is 1. The molecule has 6 nitrogen and oxygen atoms in total. The molecule has 26 heavy (non-hydrogen) atoms. The second-order valence-electron chi connectivity index (χ2n) is 6.38. The van der Waals surface area contributed by atoms with E-state index in [1.165, 1.54) is 6.07 Å². The van der Waals surface area contributed by atoms with Gasteiger partial charge in [-0.05, 0) is 50.8 Å². The number of carbonyl (C=O) groups is 1. The predicted octanol–water partition coefficient (Wildman–Crippen LogP) is 2.81. The van der Waals surface area contributed by atoms with Crippen molar-refractivity contribution in [3.63, 3.8) is 0 Å². The van der Waals surface area contributed by atoms with Crippen LogP contribution >= 0.6 is 0 Å². The van der Waals surface area contributed by atoms with Gasteiger partial charge in [0.2, 0.25) is 0 Å². The van der Waals surface area contributed by atoms with Gasteiger partial charge in [0.15, 0.2) is 5.96 Å². The summed E-state index contributed by atoms with van der Waals surface area (Å²) in [5.74, 6) is 0.542. The number of nitrogens with one attached hydrogen (secondary N) is 2. The molecule has 1 aromatic rings. The summed E-state index contributed by atoms with van der Waals surface area (Å²) < 4.78 is 18.4. The SMILES string of the molecule is CCNC(=NCc1ccc(F)c(C)c1)NC1CCN(C(=O)OCC)CC1. The van der Waals surface area contributed by atoms with Gasteiger partial charge in [-0.15, -0.1) is 0 Å². The Balaban J connectivity index is 1.89. The fourth-order valence-corrected chi connectivity index (χ4v) is 2.91. The Bertz CT molecular complexity index is 628. The Kier molecular flexibility index (Phi) is 7.69. The van der Waals surface area contributed by atoms with Crippen LogP contribution in [0.4, 0.5) is 9.18 Å². The zero-order chi connectivity index (χ0) is 18.9. The maximum Gasteiger partial charge on any atom is 0.409 e. The molecule has 1 fully saturated rings. The first kappa shape index (κ1) is 20.0. The minimum absolute atomic E-state index is 0.198. The Hall–Kier alpha value is -2.31. The van der Waals surface area contributed by atoms with Crippen LogP contribution in [-0.4, -0.2) is 49.2 Å². The molecule has 0 unspecified atom stereocenters. The van der Waals surface area contributed by atoms with Crippen molar-refractivity contribution in [1.82, 2.24) is 15.5 Å². The third-order valence-corrected chi connectivity index (χ3v) is 4.35. The summed E-state index contributed by atoms with van der Waals surface area (Å²) in [6.45, 7) is 8.57. The molecule has 0 saturated carbocycles. The number of aliphatic imine (C=N–C) groups is 1. The molecular formula is C19H29FN4O2. The minimum Gasteiger partial charge on any atom is -0.450 e. The Morgan fingerprint density at radius 2 is 2.08 bits per heavy atom. The van der Waals surface area contributed by atoms with Crippen LogP contribution in [0.15, 0.2) is 23.2 Å². The summed E-state index contributed by atoms with van der Waals surface area (Å²) in [7, 11) is 0. The van der Waals surface area contributed by atoms with Crippen molar-refractivity contribution < 1.29 is 13.9 Å². The molecule has 0 atom stereocenters. The maximum absolute atomic E-state index is 13.4. The highest BCUT2D eigenvalue weighted by atomic mass is 19.1. The largest absolute Gasteiger partial charge is 0.450 e. The van der Waals surface area contributed by atoms with E-state index in [1.54, 1.807) is 17.9 Å². The van der Waals surface area contributed by atoms with E-state index in [0.717, 1.165) is 30.9 Å². The molecule has 0 bridgehead atoms. The summed E-state index contributed by atoms with van der Waals surface area (Å²) in [4.78, 5) is 18.1. The van der Waals surface area contributed by atoms with Crippen molar-refractivity contribution in [2.75, 3.05) is 26.2 Å². The van der Waals surface area contributed by atoms with Crippen LogP contribution in [0.3, 0.4) is 0 Å². The number of nitrogens with zero attached hydrogens (tertiary/aromatic N) is 2. The molecular weight excluding hydrogens is 335 g/mol. The molecule has 0 aliphatic carbocycles. The molecule has 1 aliphatic heterocycles. The molecule has 0 aromatic heterocycles. The molecule has 1 amide bonds. The van der Waals surface area contributed by atoms with Gasteiger partial charge < -0.3 is 20.3 Å². The number of hydrogen-bond donors (Lipinski definition) is 2. The quantitative estimate of drug-likeness (QED) is 0.623. The van der Waals surface area contributed by atoms with Gasteiger partial charge in [-0.2, -0.15) is 0 Å². The molecule has 1 saturated heterocycles. The number of guanidine groups is 1. The van der Waals surface area contributed by atoms with Crippen LogP contribution in [0.2, 0.25) is 0 Å². The Morgan fingerprint density at radius 1 is 1.35 bits per heavy atom. The average molecular weight is 364 g/mol. The van der Waals surface area contributed by atoms with Gasteiger partial charge in [-0.3, -0.25) is 0 Å². The van der Waals surface area contributed by atoms with Crippen LogP contribution in [0, 0.1) is 12.7 Å². The third-order valence-electron chi connectivity index (χ3n) is 4.35. The van der Waals surface area contributed by atoms with Crippen molar-refractivity contribution in [2.24, 2.45) is 4.99 Å². The van der Waals surface area contributed by atoms with Crippen molar-refractivity contribution in [1.29, 1.82) is 0 Å². The van der Waals surface area contributed by atoms with E-state index in [2.05, 4.69) is 15.6 Å². The highest BCUT2D eigenvalue weighted by Gasteiger charge is 2.24. The predicted molar refractivity (Wildman–Crippen MR) is 101 cm³/mol. The summed E-state index contributed by atoms with van der Waals surface area (Å²) in [5.41, 5.74) is 1.60. The highest BCUT2D eigenvalue weighted by Crippen LogP contribution is 2.12. The van der Waals surface area contributed by atoms with E-state index in [1.807, 2.05) is 19.9 Å². The van der Waals surface area contributed by atoms with Gasteiger partial charge >= 0.3 is 6.09 Å². The summed E-state index contributed by atoms with van der Waals surface area (Å²) in [6, 6.07) is 5.31. The normalized spacial score (nSPS) is 15.7. The monoisotopic (exact) mass is 364 g/mol. The molecule has 0 radical (unpaired) electrons. The zero-order valence-electron chi connectivity index (χ0n) is 15.8. The summed E-state index contributed by atoms with van der Waals surface area (Å²) >= 11 is 0. The number of aryl methyl sites for hydroxylation is 1. The summed E-state index contributed by atoms with van der Waals surface area (Å²) in [6.07, 6.45) is 1.45. The van der Waals surface area contributed by atoms with Crippen LogP contribution in [0.25, 0.3) is 0 Å². The van der Waals surface area contributed by atoms with Gasteiger partial charge in [0.05, 0.1) is 13.2 Å². The van der Waals surface area contributed by atoms with Gasteiger partial charge in [-0.1, -0.05) is 12.1 Å². The second kappa shape index (κ2) is 9.99. The lowest BCUT2D eigenvalue weighted by Gasteiger charge is -2.32. The number of halogens is 1. The van der Waals surface area contributed by atoms with Crippen molar-refractivity contribution in [3.8, 4) is 0 Å².